The fourth-order valence-electron chi connectivity index (χ4n) is 4.54. The minimum atomic E-state index is -0.285. The van der Waals surface area contributed by atoms with Crippen LogP contribution in [-0.4, -0.2) is 36.1 Å². The Morgan fingerprint density at radius 1 is 1.16 bits per heavy atom. The highest BCUT2D eigenvalue weighted by Gasteiger charge is 2.33. The van der Waals surface area contributed by atoms with E-state index in [0.29, 0.717) is 10.6 Å². The summed E-state index contributed by atoms with van der Waals surface area (Å²) in [5, 5.41) is 12.4. The summed E-state index contributed by atoms with van der Waals surface area (Å²) in [5.41, 5.74) is 2.06. The Balaban J connectivity index is 1.43. The zero-order valence-electron chi connectivity index (χ0n) is 17.2. The molecule has 0 aliphatic carbocycles. The normalized spacial score (nSPS) is 18.1. The van der Waals surface area contributed by atoms with Gasteiger partial charge in [-0.2, -0.15) is 0 Å². The molecule has 7 nitrogen and oxygen atoms in total. The molecular formula is C24H21N5O2S. The number of thiophene rings is 1. The molecule has 1 saturated heterocycles. The van der Waals surface area contributed by atoms with Gasteiger partial charge >= 0.3 is 6.03 Å². The summed E-state index contributed by atoms with van der Waals surface area (Å²) in [5.74, 6) is -0.165. The molecule has 2 aliphatic rings. The molecule has 3 N–H and O–H groups in total. The largest absolute Gasteiger partial charge is 0.347 e. The van der Waals surface area contributed by atoms with Crippen LogP contribution in [0, 0.1) is 0 Å². The Labute approximate surface area is 188 Å². The summed E-state index contributed by atoms with van der Waals surface area (Å²) in [6.45, 7) is 1.74. The number of urea groups is 1. The van der Waals surface area contributed by atoms with Gasteiger partial charge in [-0.1, -0.05) is 30.3 Å². The Morgan fingerprint density at radius 3 is 2.88 bits per heavy atom. The second kappa shape index (κ2) is 7.58. The van der Waals surface area contributed by atoms with E-state index in [2.05, 4.69) is 20.9 Å². The molecule has 8 heteroatoms. The lowest BCUT2D eigenvalue weighted by atomic mass is 10.1. The van der Waals surface area contributed by atoms with Crippen LogP contribution in [0.3, 0.4) is 0 Å². The third kappa shape index (κ3) is 3.11. The van der Waals surface area contributed by atoms with Crippen molar-refractivity contribution in [1.82, 2.24) is 15.6 Å². The molecule has 32 heavy (non-hydrogen) atoms. The number of carbonyl (C=O) groups excluding carboxylic acids is 2. The summed E-state index contributed by atoms with van der Waals surface area (Å²) in [6.07, 6.45) is 3.68. The van der Waals surface area contributed by atoms with E-state index in [-0.39, 0.29) is 18.0 Å². The van der Waals surface area contributed by atoms with Crippen LogP contribution in [-0.2, 0) is 0 Å². The van der Waals surface area contributed by atoms with E-state index in [1.807, 2.05) is 48.5 Å². The van der Waals surface area contributed by atoms with Crippen molar-refractivity contribution < 1.29 is 9.59 Å². The molecule has 0 radical (unpaired) electrons. The third-order valence-corrected chi connectivity index (χ3v) is 7.17. The van der Waals surface area contributed by atoms with Crippen LogP contribution >= 0.6 is 11.3 Å². The third-order valence-electron chi connectivity index (χ3n) is 6.08. The van der Waals surface area contributed by atoms with Crippen LogP contribution in [0.5, 0.6) is 0 Å². The zero-order chi connectivity index (χ0) is 21.7. The van der Waals surface area contributed by atoms with Crippen molar-refractivity contribution in [2.75, 3.05) is 23.3 Å². The van der Waals surface area contributed by atoms with Crippen LogP contribution in [0.25, 0.3) is 21.0 Å². The van der Waals surface area contributed by atoms with Crippen molar-refractivity contribution in [1.29, 1.82) is 0 Å². The molecular weight excluding hydrogens is 422 g/mol. The highest BCUT2D eigenvalue weighted by Crippen LogP contribution is 2.45. The molecule has 2 aromatic heterocycles. The van der Waals surface area contributed by atoms with Gasteiger partial charge in [0.25, 0.3) is 5.91 Å². The monoisotopic (exact) mass is 443 g/mol. The van der Waals surface area contributed by atoms with E-state index in [0.717, 1.165) is 58.3 Å². The first-order valence-electron chi connectivity index (χ1n) is 10.7. The van der Waals surface area contributed by atoms with E-state index in [1.54, 1.807) is 11.1 Å². The topological polar surface area (TPSA) is 86.4 Å². The van der Waals surface area contributed by atoms with Gasteiger partial charge in [0.05, 0.1) is 22.4 Å². The summed E-state index contributed by atoms with van der Waals surface area (Å²) in [6, 6.07) is 15.6. The van der Waals surface area contributed by atoms with Crippen molar-refractivity contribution in [3.05, 3.63) is 59.6 Å². The van der Waals surface area contributed by atoms with E-state index >= 15 is 0 Å². The number of rotatable bonds is 3. The van der Waals surface area contributed by atoms with Crippen molar-refractivity contribution in [2.45, 2.75) is 18.9 Å². The molecule has 160 valence electrons. The van der Waals surface area contributed by atoms with E-state index in [1.165, 1.54) is 11.3 Å². The van der Waals surface area contributed by atoms with Gasteiger partial charge in [-0.15, -0.1) is 11.3 Å². The Bertz CT molecular complexity index is 1380. The fraction of sp³-hybridized carbons (Fsp3) is 0.208. The number of pyridine rings is 1. The summed E-state index contributed by atoms with van der Waals surface area (Å²) in [4.78, 5) is 33.7. The molecule has 0 spiro atoms. The van der Waals surface area contributed by atoms with Crippen LogP contribution in [0.1, 0.15) is 22.5 Å². The summed E-state index contributed by atoms with van der Waals surface area (Å²) < 4.78 is 0. The molecule has 4 heterocycles. The summed E-state index contributed by atoms with van der Waals surface area (Å²) >= 11 is 1.32. The zero-order valence-corrected chi connectivity index (χ0v) is 18.0. The van der Waals surface area contributed by atoms with Gasteiger partial charge in [-0.3, -0.25) is 9.69 Å². The number of fused-ring (bicyclic) bond motifs is 1. The maximum absolute atomic E-state index is 13.3. The lowest BCUT2D eigenvalue weighted by Crippen LogP contribution is -2.45. The first-order chi connectivity index (χ1) is 15.7. The second-order valence-electron chi connectivity index (χ2n) is 8.13. The van der Waals surface area contributed by atoms with Crippen molar-refractivity contribution in [3.8, 4) is 0 Å². The van der Waals surface area contributed by atoms with Crippen molar-refractivity contribution in [3.63, 3.8) is 0 Å². The molecule has 0 saturated carbocycles. The first-order valence-corrected chi connectivity index (χ1v) is 11.5. The standard InChI is InChI=1S/C24H21N5O2S/c30-22(27-16-6-3-10-25-13-16)21-20-19-18(9-11-26-23(19)32-21)29(24(31)28-20)17-8-7-14-4-1-2-5-15(14)12-17/h1-2,4-5,7-9,11-12,16,25H,3,6,10,13H2,(H,27,30)(H,28,31)/t16-/m1/s1. The number of piperidine rings is 1. The Morgan fingerprint density at radius 2 is 2.03 bits per heavy atom. The van der Waals surface area contributed by atoms with Crippen LogP contribution in [0.4, 0.5) is 21.9 Å². The predicted molar refractivity (Wildman–Crippen MR) is 128 cm³/mol. The average Bonchev–Trinajstić information content (AvgIpc) is 3.19. The molecule has 1 atom stereocenters. The molecule has 1 fully saturated rings. The molecule has 6 rings (SSSR count). The molecule has 3 amide bonds. The summed E-state index contributed by atoms with van der Waals surface area (Å²) in [7, 11) is 0. The number of benzene rings is 2. The second-order valence-corrected chi connectivity index (χ2v) is 9.13. The SMILES string of the molecule is O=C(N[C@@H]1CCCNC1)c1sc2nccc3c2c1NC(=O)N3c1ccc2ccccc2c1. The minimum Gasteiger partial charge on any atom is -0.347 e. The molecule has 4 aromatic rings. The minimum absolute atomic E-state index is 0.0921. The maximum Gasteiger partial charge on any atom is 0.331 e. The van der Waals surface area contributed by atoms with Crippen LogP contribution in [0.2, 0.25) is 0 Å². The number of carbonyl (C=O) groups is 2. The smallest absolute Gasteiger partial charge is 0.331 e. The number of nitrogens with one attached hydrogen (secondary N) is 3. The quantitative estimate of drug-likeness (QED) is 0.431. The van der Waals surface area contributed by atoms with Crippen molar-refractivity contribution in [2.24, 2.45) is 0 Å². The Hall–Kier alpha value is -3.49. The van der Waals surface area contributed by atoms with E-state index in [4.69, 9.17) is 0 Å². The molecule has 2 aliphatic heterocycles. The highest BCUT2D eigenvalue weighted by molar-refractivity contribution is 7.21. The van der Waals surface area contributed by atoms with Gasteiger partial charge in [0, 0.05) is 18.8 Å². The fourth-order valence-corrected chi connectivity index (χ4v) is 5.56. The molecule has 2 aromatic carbocycles. The van der Waals surface area contributed by atoms with Gasteiger partial charge in [0.15, 0.2) is 0 Å². The first kappa shape index (κ1) is 19.2. The Kier molecular flexibility index (Phi) is 4.55. The maximum atomic E-state index is 13.3. The molecule has 0 bridgehead atoms. The number of aromatic nitrogens is 1. The number of hydrogen-bond donors (Lipinski definition) is 3. The lowest BCUT2D eigenvalue weighted by molar-refractivity contribution is 0.0935. The van der Waals surface area contributed by atoms with E-state index in [9.17, 15) is 9.59 Å². The highest BCUT2D eigenvalue weighted by atomic mass is 32.1. The van der Waals surface area contributed by atoms with Gasteiger partial charge in [-0.25, -0.2) is 9.78 Å². The number of amides is 3. The van der Waals surface area contributed by atoms with Crippen LogP contribution < -0.4 is 20.9 Å². The average molecular weight is 444 g/mol. The number of anilines is 3. The number of hydrogen-bond acceptors (Lipinski definition) is 5. The lowest BCUT2D eigenvalue weighted by Gasteiger charge is -2.29. The van der Waals surface area contributed by atoms with Gasteiger partial charge < -0.3 is 16.0 Å². The van der Waals surface area contributed by atoms with Gasteiger partial charge in [-0.05, 0) is 48.4 Å². The molecule has 0 unspecified atom stereocenters. The predicted octanol–water partition coefficient (Wildman–Crippen LogP) is 4.61. The van der Waals surface area contributed by atoms with E-state index < -0.39 is 0 Å². The van der Waals surface area contributed by atoms with Gasteiger partial charge in [0.2, 0.25) is 0 Å². The van der Waals surface area contributed by atoms with Gasteiger partial charge in [0.1, 0.15) is 9.71 Å². The van der Waals surface area contributed by atoms with Crippen molar-refractivity contribution >= 4 is 61.3 Å². The number of nitrogens with zero attached hydrogens (tertiary/aromatic N) is 2. The van der Waals surface area contributed by atoms with Crippen LogP contribution in [0.15, 0.2) is 54.7 Å².